The highest BCUT2D eigenvalue weighted by molar-refractivity contribution is 6.31. The number of anilines is 1. The van der Waals surface area contributed by atoms with Crippen LogP contribution in [-0.2, 0) is 14.3 Å². The maximum absolute atomic E-state index is 13.4. The number of hydrogen-bond donors (Lipinski definition) is 2. The molecule has 2 N–H and O–H groups in total. The smallest absolute Gasteiger partial charge is 0.240 e. The van der Waals surface area contributed by atoms with Gasteiger partial charge in [-0.2, -0.15) is 0 Å². The van der Waals surface area contributed by atoms with Gasteiger partial charge in [0.25, 0.3) is 0 Å². The Labute approximate surface area is 148 Å². The van der Waals surface area contributed by atoms with Crippen LogP contribution >= 0.6 is 11.6 Å². The number of halogens is 2. The van der Waals surface area contributed by atoms with Crippen molar-refractivity contribution in [1.29, 1.82) is 0 Å². The summed E-state index contributed by atoms with van der Waals surface area (Å²) < 4.78 is 19.4. The van der Waals surface area contributed by atoms with Crippen molar-refractivity contribution in [1.82, 2.24) is 0 Å². The zero-order valence-electron chi connectivity index (χ0n) is 13.4. The SMILES string of the molecule is C[C@]12C[C@H](O)[C@](CCO)(O1)[C@@H]1C(=O)N(c3ccc(F)c(Cl)c3)C(=O)[C@@H]12. The van der Waals surface area contributed by atoms with Gasteiger partial charge in [0.1, 0.15) is 11.4 Å². The number of rotatable bonds is 3. The molecule has 3 aliphatic rings. The molecule has 3 heterocycles. The number of carbonyl (C=O) groups excluding carboxylic acids is 2. The molecule has 1 aromatic carbocycles. The molecule has 0 unspecified atom stereocenters. The van der Waals surface area contributed by atoms with Gasteiger partial charge in [0, 0.05) is 19.4 Å². The number of fused-ring (bicyclic) bond motifs is 5. The number of ether oxygens (including phenoxy) is 1. The van der Waals surface area contributed by atoms with Crippen LogP contribution < -0.4 is 4.90 Å². The average Bonchev–Trinajstić information content (AvgIpc) is 3.06. The minimum atomic E-state index is -1.28. The monoisotopic (exact) mass is 369 g/mol. The Balaban J connectivity index is 1.80. The minimum Gasteiger partial charge on any atom is -0.396 e. The Morgan fingerprint density at radius 3 is 2.68 bits per heavy atom. The number of hydrogen-bond acceptors (Lipinski definition) is 5. The normalized spacial score (nSPS) is 39.4. The highest BCUT2D eigenvalue weighted by Crippen LogP contribution is 2.62. The fourth-order valence-corrected chi connectivity index (χ4v) is 4.94. The Morgan fingerprint density at radius 2 is 2.04 bits per heavy atom. The second-order valence-corrected chi connectivity index (χ2v) is 7.54. The lowest BCUT2D eigenvalue weighted by Crippen LogP contribution is -2.51. The van der Waals surface area contributed by atoms with Crippen LogP contribution in [0.2, 0.25) is 5.02 Å². The summed E-state index contributed by atoms with van der Waals surface area (Å²) in [7, 11) is 0. The molecule has 0 aliphatic carbocycles. The molecule has 134 valence electrons. The number of imide groups is 1. The van der Waals surface area contributed by atoms with Gasteiger partial charge in [-0.05, 0) is 25.1 Å². The number of aliphatic hydroxyl groups excluding tert-OH is 2. The van der Waals surface area contributed by atoms with Gasteiger partial charge in [-0.1, -0.05) is 11.6 Å². The maximum atomic E-state index is 13.4. The van der Waals surface area contributed by atoms with E-state index in [9.17, 15) is 24.2 Å². The van der Waals surface area contributed by atoms with Gasteiger partial charge in [0.05, 0.1) is 34.3 Å². The third-order valence-electron chi connectivity index (χ3n) is 5.74. The van der Waals surface area contributed by atoms with Gasteiger partial charge >= 0.3 is 0 Å². The Morgan fingerprint density at radius 1 is 1.36 bits per heavy atom. The molecular weight excluding hydrogens is 353 g/mol. The van der Waals surface area contributed by atoms with Crippen molar-refractivity contribution < 1.29 is 28.9 Å². The number of nitrogens with zero attached hydrogens (tertiary/aromatic N) is 1. The second-order valence-electron chi connectivity index (χ2n) is 7.13. The van der Waals surface area contributed by atoms with Gasteiger partial charge in [-0.25, -0.2) is 9.29 Å². The van der Waals surface area contributed by atoms with E-state index in [1.807, 2.05) is 0 Å². The van der Waals surface area contributed by atoms with Crippen LogP contribution in [0.3, 0.4) is 0 Å². The zero-order valence-corrected chi connectivity index (χ0v) is 14.2. The topological polar surface area (TPSA) is 87.1 Å². The third-order valence-corrected chi connectivity index (χ3v) is 6.03. The molecule has 6 nitrogen and oxygen atoms in total. The quantitative estimate of drug-likeness (QED) is 0.783. The number of amides is 2. The van der Waals surface area contributed by atoms with Crippen LogP contribution in [0.5, 0.6) is 0 Å². The van der Waals surface area contributed by atoms with E-state index in [1.165, 1.54) is 12.1 Å². The number of benzene rings is 1. The third kappa shape index (κ3) is 2.01. The van der Waals surface area contributed by atoms with Gasteiger partial charge in [-0.15, -0.1) is 0 Å². The standard InChI is InChI=1S/C17H17ClFNO5/c1-16-7-11(22)17(25-16,4-5-21)13-12(16)14(23)20(15(13)24)8-2-3-10(19)9(18)6-8/h2-3,6,11-13,21-22H,4-5,7H2,1H3/t11-,12+,13-,16+,17-/m0/s1. The lowest BCUT2D eigenvalue weighted by molar-refractivity contribution is -0.137. The van der Waals surface area contributed by atoms with Crippen molar-refractivity contribution in [3.63, 3.8) is 0 Å². The van der Waals surface area contributed by atoms with Crippen molar-refractivity contribution in [3.8, 4) is 0 Å². The highest BCUT2D eigenvalue weighted by Gasteiger charge is 2.77. The average molecular weight is 370 g/mol. The Hall–Kier alpha value is -1.54. The molecule has 3 fully saturated rings. The second kappa shape index (κ2) is 5.23. The highest BCUT2D eigenvalue weighted by atomic mass is 35.5. The zero-order chi connectivity index (χ0) is 18.1. The van der Waals surface area contributed by atoms with Crippen molar-refractivity contribution in [3.05, 3.63) is 29.0 Å². The van der Waals surface area contributed by atoms with E-state index >= 15 is 0 Å². The van der Waals surface area contributed by atoms with E-state index in [0.29, 0.717) is 0 Å². The van der Waals surface area contributed by atoms with Gasteiger partial charge in [-0.3, -0.25) is 9.59 Å². The van der Waals surface area contributed by atoms with E-state index < -0.39 is 46.8 Å². The molecule has 3 aliphatic heterocycles. The minimum absolute atomic E-state index is 0.0575. The molecule has 0 saturated carbocycles. The van der Waals surface area contributed by atoms with Crippen molar-refractivity contribution >= 4 is 29.1 Å². The predicted octanol–water partition coefficient (Wildman–Crippen LogP) is 1.26. The van der Waals surface area contributed by atoms with Gasteiger partial charge in [0.2, 0.25) is 11.8 Å². The lowest BCUT2D eigenvalue weighted by Gasteiger charge is -2.34. The molecule has 25 heavy (non-hydrogen) atoms. The van der Waals surface area contributed by atoms with Crippen molar-refractivity contribution in [2.24, 2.45) is 11.8 Å². The maximum Gasteiger partial charge on any atom is 0.240 e. The fraction of sp³-hybridized carbons (Fsp3) is 0.529. The Bertz CT molecular complexity index is 788. The number of aliphatic hydroxyl groups is 2. The molecule has 5 atom stereocenters. The van der Waals surface area contributed by atoms with E-state index in [4.69, 9.17) is 16.3 Å². The van der Waals surface area contributed by atoms with Crippen LogP contribution in [0, 0.1) is 17.7 Å². The molecule has 3 saturated heterocycles. The molecule has 4 rings (SSSR count). The summed E-state index contributed by atoms with van der Waals surface area (Å²) in [6, 6.07) is 3.64. The van der Waals surface area contributed by atoms with Crippen molar-refractivity contribution in [2.75, 3.05) is 11.5 Å². The van der Waals surface area contributed by atoms with Crippen molar-refractivity contribution in [2.45, 2.75) is 37.1 Å². The van der Waals surface area contributed by atoms with E-state index in [-0.39, 0.29) is 30.2 Å². The summed E-state index contributed by atoms with van der Waals surface area (Å²) in [5, 5.41) is 19.7. The molecule has 1 aromatic rings. The van der Waals surface area contributed by atoms with E-state index in [2.05, 4.69) is 0 Å². The van der Waals surface area contributed by atoms with E-state index in [0.717, 1.165) is 11.0 Å². The van der Waals surface area contributed by atoms with Crippen LogP contribution in [0.15, 0.2) is 18.2 Å². The molecule has 0 radical (unpaired) electrons. The summed E-state index contributed by atoms with van der Waals surface area (Å²) in [6.45, 7) is 1.42. The fourth-order valence-electron chi connectivity index (χ4n) is 4.76. The largest absolute Gasteiger partial charge is 0.396 e. The predicted molar refractivity (Wildman–Crippen MR) is 85.4 cm³/mol. The molecule has 0 spiro atoms. The summed E-state index contributed by atoms with van der Waals surface area (Å²) in [5.74, 6) is -3.25. The summed E-state index contributed by atoms with van der Waals surface area (Å²) in [4.78, 5) is 27.0. The summed E-state index contributed by atoms with van der Waals surface area (Å²) in [5.41, 5.74) is -2.07. The van der Waals surface area contributed by atoms with Crippen LogP contribution in [-0.4, -0.2) is 45.9 Å². The first-order chi connectivity index (χ1) is 11.7. The first kappa shape index (κ1) is 16.9. The first-order valence-electron chi connectivity index (χ1n) is 8.07. The summed E-state index contributed by atoms with van der Waals surface area (Å²) in [6.07, 6.45) is -0.674. The molecule has 2 bridgehead atoms. The van der Waals surface area contributed by atoms with E-state index in [1.54, 1.807) is 6.92 Å². The Kier molecular flexibility index (Phi) is 3.54. The number of carbonyl (C=O) groups is 2. The van der Waals surface area contributed by atoms with Crippen LogP contribution in [0.25, 0.3) is 0 Å². The lowest BCUT2D eigenvalue weighted by atomic mass is 9.66. The molecule has 0 aromatic heterocycles. The van der Waals surface area contributed by atoms with Crippen LogP contribution in [0.4, 0.5) is 10.1 Å². The van der Waals surface area contributed by atoms with Gasteiger partial charge < -0.3 is 14.9 Å². The van der Waals surface area contributed by atoms with Gasteiger partial charge in [0.15, 0.2) is 0 Å². The molecule has 8 heteroatoms. The molecule has 2 amide bonds. The molecular formula is C17H17ClFNO5. The summed E-state index contributed by atoms with van der Waals surface area (Å²) >= 11 is 5.78. The van der Waals surface area contributed by atoms with Crippen LogP contribution in [0.1, 0.15) is 19.8 Å². The first-order valence-corrected chi connectivity index (χ1v) is 8.45.